The number of hydrogen-bond donors (Lipinski definition) is 0. The average Bonchev–Trinajstić information content (AvgIpc) is 2.17. The fraction of sp³-hybridized carbons (Fsp3) is 0.909. The molecule has 2 atom stereocenters. The molecule has 2 unspecified atom stereocenters. The van der Waals surface area contributed by atoms with E-state index in [9.17, 15) is 9.70 Å². The molecule has 0 aromatic heterocycles. The highest BCUT2D eigenvalue weighted by atomic mass is 16.3. The first-order valence-corrected chi connectivity index (χ1v) is 5.48. The van der Waals surface area contributed by atoms with Gasteiger partial charge in [0.15, 0.2) is 0 Å². The third-order valence-corrected chi connectivity index (χ3v) is 2.83. The largest absolute Gasteiger partial charge is 0.286 e. The van der Waals surface area contributed by atoms with Gasteiger partial charge in [0.1, 0.15) is 0 Å². The molecule has 14 heavy (non-hydrogen) atoms. The molecule has 0 aliphatic rings. The van der Waals surface area contributed by atoms with Gasteiger partial charge in [-0.25, -0.2) is 0 Å². The van der Waals surface area contributed by atoms with Crippen LogP contribution in [0.2, 0.25) is 0 Å². The van der Waals surface area contributed by atoms with Crippen LogP contribution in [0.3, 0.4) is 0 Å². The quantitative estimate of drug-likeness (QED) is 0.465. The molecule has 0 aliphatic carbocycles. The molecular formula is C11H21NO2. The first-order chi connectivity index (χ1) is 6.61. The van der Waals surface area contributed by atoms with Gasteiger partial charge in [0.2, 0.25) is 0 Å². The van der Waals surface area contributed by atoms with E-state index in [4.69, 9.17) is 0 Å². The van der Waals surface area contributed by atoms with E-state index >= 15 is 0 Å². The van der Waals surface area contributed by atoms with Crippen LogP contribution in [0.15, 0.2) is 5.18 Å². The Morgan fingerprint density at radius 1 is 1.21 bits per heavy atom. The van der Waals surface area contributed by atoms with Gasteiger partial charge in [-0.2, -0.15) is 0 Å². The highest BCUT2D eigenvalue weighted by molar-refractivity contribution is 5.76. The first kappa shape index (κ1) is 13.3. The molecule has 0 saturated carbocycles. The SMILES string of the molecule is CCCCCC(C)C(C)CC(=O)N=O. The van der Waals surface area contributed by atoms with Crippen LogP contribution in [0.25, 0.3) is 0 Å². The van der Waals surface area contributed by atoms with Crippen molar-refractivity contribution in [1.29, 1.82) is 0 Å². The molecule has 0 heterocycles. The van der Waals surface area contributed by atoms with Crippen LogP contribution in [0.1, 0.15) is 52.9 Å². The minimum atomic E-state index is -0.514. The summed E-state index contributed by atoms with van der Waals surface area (Å²) in [4.78, 5) is 20.7. The van der Waals surface area contributed by atoms with E-state index in [1.807, 2.05) is 6.92 Å². The highest BCUT2D eigenvalue weighted by Crippen LogP contribution is 2.21. The van der Waals surface area contributed by atoms with E-state index in [0.29, 0.717) is 12.3 Å². The smallest absolute Gasteiger partial charge is 0.269 e. The zero-order valence-corrected chi connectivity index (χ0v) is 9.45. The molecule has 0 spiro atoms. The van der Waals surface area contributed by atoms with Crippen molar-refractivity contribution in [3.8, 4) is 0 Å². The Balaban J connectivity index is 3.69. The molecule has 3 heteroatoms. The van der Waals surface area contributed by atoms with Gasteiger partial charge in [0, 0.05) is 11.6 Å². The molecule has 3 nitrogen and oxygen atoms in total. The number of rotatable bonds is 7. The monoisotopic (exact) mass is 199 g/mol. The summed E-state index contributed by atoms with van der Waals surface area (Å²) >= 11 is 0. The number of hydrogen-bond acceptors (Lipinski definition) is 2. The maximum atomic E-state index is 10.8. The summed E-state index contributed by atoms with van der Waals surface area (Å²) in [5.74, 6) is 0.268. The van der Waals surface area contributed by atoms with Gasteiger partial charge in [-0.15, -0.1) is 4.91 Å². The van der Waals surface area contributed by atoms with Gasteiger partial charge in [0.05, 0.1) is 0 Å². The lowest BCUT2D eigenvalue weighted by Gasteiger charge is -2.17. The van der Waals surface area contributed by atoms with Crippen molar-refractivity contribution < 1.29 is 4.79 Å². The average molecular weight is 199 g/mol. The normalized spacial score (nSPS) is 14.8. The summed E-state index contributed by atoms with van der Waals surface area (Å²) in [7, 11) is 0. The standard InChI is InChI=1S/C11H21NO2/c1-4-5-6-7-9(2)10(3)8-11(13)12-14/h9-10H,4-8H2,1-3H3. The van der Waals surface area contributed by atoms with E-state index in [-0.39, 0.29) is 5.92 Å². The number of carbonyl (C=O) groups excluding carboxylic acids is 1. The zero-order valence-electron chi connectivity index (χ0n) is 9.45. The van der Waals surface area contributed by atoms with Crippen molar-refractivity contribution in [2.24, 2.45) is 17.0 Å². The Hall–Kier alpha value is -0.730. The summed E-state index contributed by atoms with van der Waals surface area (Å²) in [6, 6.07) is 0. The minimum absolute atomic E-state index is 0.275. The van der Waals surface area contributed by atoms with Gasteiger partial charge < -0.3 is 0 Å². The van der Waals surface area contributed by atoms with Crippen molar-refractivity contribution in [2.45, 2.75) is 52.9 Å². The topological polar surface area (TPSA) is 46.5 Å². The third-order valence-electron chi connectivity index (χ3n) is 2.83. The number of amides is 1. The third kappa shape index (κ3) is 5.84. The lowest BCUT2D eigenvalue weighted by molar-refractivity contribution is -0.119. The lowest BCUT2D eigenvalue weighted by atomic mass is 9.88. The Bertz CT molecular complexity index is 180. The first-order valence-electron chi connectivity index (χ1n) is 5.48. The fourth-order valence-electron chi connectivity index (χ4n) is 1.51. The summed E-state index contributed by atoms with van der Waals surface area (Å²) < 4.78 is 0. The van der Waals surface area contributed by atoms with Crippen LogP contribution < -0.4 is 0 Å². The van der Waals surface area contributed by atoms with Crippen LogP contribution in [0, 0.1) is 16.7 Å². The molecule has 0 N–H and O–H groups in total. The molecule has 0 aromatic carbocycles. The molecule has 0 aliphatic heterocycles. The van der Waals surface area contributed by atoms with Gasteiger partial charge in [-0.05, 0) is 11.8 Å². The van der Waals surface area contributed by atoms with E-state index in [1.54, 1.807) is 0 Å². The molecule has 0 rings (SSSR count). The Morgan fingerprint density at radius 3 is 2.36 bits per heavy atom. The maximum absolute atomic E-state index is 10.8. The number of nitrogens with zero attached hydrogens (tertiary/aromatic N) is 1. The zero-order chi connectivity index (χ0) is 11.0. The van der Waals surface area contributed by atoms with Crippen LogP contribution in [0.5, 0.6) is 0 Å². The second-order valence-corrected chi connectivity index (χ2v) is 4.14. The molecule has 0 aromatic rings. The van der Waals surface area contributed by atoms with E-state index in [1.165, 1.54) is 19.3 Å². The Labute approximate surface area is 86.2 Å². The van der Waals surface area contributed by atoms with Gasteiger partial charge in [-0.1, -0.05) is 46.5 Å². The predicted molar refractivity (Wildman–Crippen MR) is 57.9 cm³/mol. The second kappa shape index (κ2) is 7.65. The van der Waals surface area contributed by atoms with E-state index < -0.39 is 5.91 Å². The molecule has 0 radical (unpaired) electrons. The summed E-state index contributed by atoms with van der Waals surface area (Å²) in [5, 5.41) is 2.42. The molecule has 82 valence electrons. The van der Waals surface area contributed by atoms with Crippen molar-refractivity contribution >= 4 is 5.91 Å². The second-order valence-electron chi connectivity index (χ2n) is 4.14. The number of nitroso groups, excluding NO2 is 1. The summed E-state index contributed by atoms with van der Waals surface area (Å²) in [6.45, 7) is 6.33. The van der Waals surface area contributed by atoms with Gasteiger partial charge in [0.25, 0.3) is 5.91 Å². The molecule has 1 amide bonds. The number of unbranched alkanes of at least 4 members (excludes halogenated alkanes) is 2. The Kier molecular flexibility index (Phi) is 7.25. The summed E-state index contributed by atoms with van der Waals surface area (Å²) in [5.41, 5.74) is 0. The van der Waals surface area contributed by atoms with E-state index in [2.05, 4.69) is 19.0 Å². The van der Waals surface area contributed by atoms with Gasteiger partial charge >= 0.3 is 0 Å². The van der Waals surface area contributed by atoms with Crippen molar-refractivity contribution in [3.63, 3.8) is 0 Å². The van der Waals surface area contributed by atoms with Crippen LogP contribution in [-0.4, -0.2) is 5.91 Å². The highest BCUT2D eigenvalue weighted by Gasteiger charge is 2.15. The number of carbonyl (C=O) groups is 1. The molecule has 0 bridgehead atoms. The van der Waals surface area contributed by atoms with Crippen molar-refractivity contribution in [2.75, 3.05) is 0 Å². The maximum Gasteiger partial charge on any atom is 0.286 e. The molecule has 0 fully saturated rings. The Morgan fingerprint density at radius 2 is 1.86 bits per heavy atom. The van der Waals surface area contributed by atoms with E-state index in [0.717, 1.165) is 6.42 Å². The van der Waals surface area contributed by atoms with Crippen LogP contribution in [-0.2, 0) is 4.79 Å². The molecule has 0 saturated heterocycles. The van der Waals surface area contributed by atoms with Crippen LogP contribution >= 0.6 is 0 Å². The van der Waals surface area contributed by atoms with Gasteiger partial charge in [-0.3, -0.25) is 4.79 Å². The summed E-state index contributed by atoms with van der Waals surface area (Å²) in [6.07, 6.45) is 5.12. The molecular weight excluding hydrogens is 178 g/mol. The van der Waals surface area contributed by atoms with Crippen molar-refractivity contribution in [3.05, 3.63) is 4.91 Å². The van der Waals surface area contributed by atoms with Crippen molar-refractivity contribution in [1.82, 2.24) is 0 Å². The predicted octanol–water partition coefficient (Wildman–Crippen LogP) is 3.52. The lowest BCUT2D eigenvalue weighted by Crippen LogP contribution is -2.11. The fourth-order valence-corrected chi connectivity index (χ4v) is 1.51. The minimum Gasteiger partial charge on any atom is -0.269 e. The van der Waals surface area contributed by atoms with Crippen LogP contribution in [0.4, 0.5) is 0 Å².